The number of nitrogens with one attached hydrogen (secondary N) is 1. The van der Waals surface area contributed by atoms with Gasteiger partial charge in [-0.2, -0.15) is 0 Å². The van der Waals surface area contributed by atoms with Crippen molar-refractivity contribution in [3.05, 3.63) is 29.8 Å². The quantitative estimate of drug-likeness (QED) is 0.814. The lowest BCUT2D eigenvalue weighted by Crippen LogP contribution is -2.12. The van der Waals surface area contributed by atoms with Crippen molar-refractivity contribution in [2.24, 2.45) is 0 Å². The third kappa shape index (κ3) is 3.40. The van der Waals surface area contributed by atoms with Gasteiger partial charge in [-0.25, -0.2) is 0 Å². The van der Waals surface area contributed by atoms with Crippen LogP contribution in [0.5, 0.6) is 0 Å². The van der Waals surface area contributed by atoms with Gasteiger partial charge in [-0.05, 0) is 42.8 Å². The van der Waals surface area contributed by atoms with Crippen molar-refractivity contribution in [1.29, 1.82) is 0 Å². The number of hydrogen-bond donors (Lipinski definition) is 1. The van der Waals surface area contributed by atoms with Crippen LogP contribution in [-0.4, -0.2) is 12.3 Å². The molecule has 0 unspecified atom stereocenters. The summed E-state index contributed by atoms with van der Waals surface area (Å²) in [5, 5.41) is 3.52. The highest BCUT2D eigenvalue weighted by molar-refractivity contribution is 7.99. The Balaban J connectivity index is 0.00000112. The summed E-state index contributed by atoms with van der Waals surface area (Å²) in [6.07, 6.45) is 2.61. The minimum absolute atomic E-state index is 0. The second-order valence-electron chi connectivity index (χ2n) is 3.65. The Hall–Kier alpha value is -0.180. The highest BCUT2D eigenvalue weighted by Crippen LogP contribution is 2.25. The van der Waals surface area contributed by atoms with Crippen LogP contribution in [0.1, 0.15) is 31.4 Å². The first-order valence-electron chi connectivity index (χ1n) is 5.36. The van der Waals surface area contributed by atoms with Gasteiger partial charge >= 0.3 is 0 Å². The van der Waals surface area contributed by atoms with Crippen molar-refractivity contribution in [2.75, 3.05) is 12.3 Å². The minimum atomic E-state index is 0. The Morgan fingerprint density at radius 3 is 2.60 bits per heavy atom. The lowest BCUT2D eigenvalue weighted by atomic mass is 10.1. The van der Waals surface area contributed by atoms with E-state index in [1.54, 1.807) is 0 Å². The van der Waals surface area contributed by atoms with Crippen LogP contribution in [0.25, 0.3) is 0 Å². The van der Waals surface area contributed by atoms with Crippen molar-refractivity contribution in [3.8, 4) is 0 Å². The van der Waals surface area contributed by atoms with Crippen molar-refractivity contribution in [2.45, 2.75) is 30.7 Å². The van der Waals surface area contributed by atoms with Gasteiger partial charge in [0, 0.05) is 10.9 Å². The van der Waals surface area contributed by atoms with Crippen LogP contribution in [-0.2, 0) is 0 Å². The zero-order valence-electron chi connectivity index (χ0n) is 9.03. The summed E-state index contributed by atoms with van der Waals surface area (Å²) in [6.45, 7) is 3.37. The number of benzene rings is 1. The fraction of sp³-hybridized carbons (Fsp3) is 0.500. The van der Waals surface area contributed by atoms with Gasteiger partial charge in [0.05, 0.1) is 0 Å². The molecular weight excluding hydrogens is 226 g/mol. The van der Waals surface area contributed by atoms with Crippen molar-refractivity contribution >= 4 is 24.2 Å². The Morgan fingerprint density at radius 1 is 1.33 bits per heavy atom. The fourth-order valence-corrected chi connectivity index (χ4v) is 2.59. The molecule has 0 spiro atoms. The van der Waals surface area contributed by atoms with Crippen LogP contribution < -0.4 is 5.32 Å². The molecule has 1 nitrogen and oxygen atoms in total. The van der Waals surface area contributed by atoms with Crippen LogP contribution >= 0.6 is 24.2 Å². The second kappa shape index (κ2) is 6.41. The smallest absolute Gasteiger partial charge is 0.0320 e. The molecule has 1 atom stereocenters. The lowest BCUT2D eigenvalue weighted by Gasteiger charge is -2.10. The summed E-state index contributed by atoms with van der Waals surface area (Å²) < 4.78 is 0. The molecule has 15 heavy (non-hydrogen) atoms. The van der Waals surface area contributed by atoms with Gasteiger partial charge in [0.15, 0.2) is 0 Å². The van der Waals surface area contributed by atoms with Crippen LogP contribution in [0, 0.1) is 0 Å². The zero-order valence-corrected chi connectivity index (χ0v) is 10.7. The van der Waals surface area contributed by atoms with Crippen LogP contribution in [0.4, 0.5) is 0 Å². The van der Waals surface area contributed by atoms with Gasteiger partial charge in [0.2, 0.25) is 0 Å². The molecule has 2 rings (SSSR count). The summed E-state index contributed by atoms with van der Waals surface area (Å²) in [4.78, 5) is 1.38. The van der Waals surface area contributed by atoms with Crippen LogP contribution in [0.2, 0.25) is 0 Å². The van der Waals surface area contributed by atoms with Crippen LogP contribution in [0.3, 0.4) is 0 Å². The van der Waals surface area contributed by atoms with E-state index < -0.39 is 0 Å². The van der Waals surface area contributed by atoms with E-state index in [0.29, 0.717) is 6.04 Å². The Labute approximate surface area is 102 Å². The number of hydrogen-bond acceptors (Lipinski definition) is 2. The van der Waals surface area contributed by atoms with Crippen LogP contribution in [0.15, 0.2) is 29.2 Å². The van der Waals surface area contributed by atoms with E-state index in [0.717, 1.165) is 5.75 Å². The molecule has 1 fully saturated rings. The SMILES string of the molecule is CCSc1ccc([C@@H]2CCCN2)cc1.Cl. The molecule has 0 aromatic heterocycles. The van der Waals surface area contributed by atoms with E-state index in [-0.39, 0.29) is 12.4 Å². The fourth-order valence-electron chi connectivity index (χ4n) is 1.93. The maximum Gasteiger partial charge on any atom is 0.0320 e. The molecule has 84 valence electrons. The van der Waals surface area contributed by atoms with E-state index >= 15 is 0 Å². The zero-order chi connectivity index (χ0) is 9.80. The molecule has 0 radical (unpaired) electrons. The molecule has 0 amide bonds. The molecule has 3 heteroatoms. The molecular formula is C12H18ClNS. The normalized spacial score (nSPS) is 19.9. The first-order chi connectivity index (χ1) is 6.90. The maximum atomic E-state index is 3.52. The minimum Gasteiger partial charge on any atom is -0.310 e. The van der Waals surface area contributed by atoms with Gasteiger partial charge in [0.25, 0.3) is 0 Å². The second-order valence-corrected chi connectivity index (χ2v) is 4.99. The maximum absolute atomic E-state index is 3.52. The highest BCUT2D eigenvalue weighted by atomic mass is 35.5. The van der Waals surface area contributed by atoms with E-state index in [1.807, 2.05) is 11.8 Å². The summed E-state index contributed by atoms with van der Waals surface area (Å²) in [5.74, 6) is 1.15. The topological polar surface area (TPSA) is 12.0 Å². The molecule has 0 saturated carbocycles. The van der Waals surface area contributed by atoms with Gasteiger partial charge in [-0.15, -0.1) is 24.2 Å². The Morgan fingerprint density at radius 2 is 2.07 bits per heavy atom. The first kappa shape index (κ1) is 12.9. The predicted octanol–water partition coefficient (Wildman–Crippen LogP) is 3.64. The highest BCUT2D eigenvalue weighted by Gasteiger charge is 2.15. The molecule has 1 heterocycles. The summed E-state index contributed by atoms with van der Waals surface area (Å²) in [7, 11) is 0. The molecule has 1 N–H and O–H groups in total. The van der Waals surface area contributed by atoms with Gasteiger partial charge in [-0.1, -0.05) is 19.1 Å². The standard InChI is InChI=1S/C12H17NS.ClH/c1-2-14-11-7-5-10(6-8-11)12-4-3-9-13-12;/h5-8,12-13H,2-4,9H2,1H3;1H/t12-;/m0./s1. The van der Waals surface area contributed by atoms with Gasteiger partial charge < -0.3 is 5.32 Å². The van der Waals surface area contributed by atoms with Crippen molar-refractivity contribution in [3.63, 3.8) is 0 Å². The van der Waals surface area contributed by atoms with Gasteiger partial charge in [0.1, 0.15) is 0 Å². The average Bonchev–Trinajstić information content (AvgIpc) is 2.72. The van der Waals surface area contributed by atoms with E-state index in [9.17, 15) is 0 Å². The molecule has 1 saturated heterocycles. The number of rotatable bonds is 3. The summed E-state index contributed by atoms with van der Waals surface area (Å²) in [6, 6.07) is 9.62. The number of halogens is 1. The molecule has 1 aliphatic rings. The monoisotopic (exact) mass is 243 g/mol. The van der Waals surface area contributed by atoms with Gasteiger partial charge in [-0.3, -0.25) is 0 Å². The third-order valence-corrected chi connectivity index (χ3v) is 3.55. The lowest BCUT2D eigenvalue weighted by molar-refractivity contribution is 0.647. The molecule has 0 aliphatic carbocycles. The summed E-state index contributed by atoms with van der Waals surface area (Å²) in [5.41, 5.74) is 1.45. The van der Waals surface area contributed by atoms with E-state index in [4.69, 9.17) is 0 Å². The largest absolute Gasteiger partial charge is 0.310 e. The van der Waals surface area contributed by atoms with E-state index in [1.165, 1.54) is 29.8 Å². The first-order valence-corrected chi connectivity index (χ1v) is 6.35. The Kier molecular flexibility index (Phi) is 5.51. The summed E-state index contributed by atoms with van der Waals surface area (Å²) >= 11 is 1.91. The predicted molar refractivity (Wildman–Crippen MR) is 70.1 cm³/mol. The molecule has 0 bridgehead atoms. The van der Waals surface area contributed by atoms with E-state index in [2.05, 4.69) is 36.5 Å². The number of thioether (sulfide) groups is 1. The molecule has 1 aromatic rings. The third-order valence-electron chi connectivity index (χ3n) is 2.65. The van der Waals surface area contributed by atoms with Crippen molar-refractivity contribution < 1.29 is 0 Å². The average molecular weight is 244 g/mol. The van der Waals surface area contributed by atoms with Crippen molar-refractivity contribution in [1.82, 2.24) is 5.32 Å². The Bertz CT molecular complexity index is 280. The molecule has 1 aliphatic heterocycles. The molecule has 1 aromatic carbocycles.